The van der Waals surface area contributed by atoms with Gasteiger partial charge in [0.1, 0.15) is 25.4 Å². The van der Waals surface area contributed by atoms with Gasteiger partial charge in [0, 0.05) is 32.2 Å². The number of ether oxygens (including phenoxy) is 2. The molecule has 246 valence electrons. The van der Waals surface area contributed by atoms with E-state index >= 15 is 0 Å². The van der Waals surface area contributed by atoms with E-state index in [1.807, 2.05) is 0 Å². The molecule has 0 aliphatic rings. The Balaban J connectivity index is 4.94. The standard InChI is InChI=1S/C27H41N5O12/c1-5-6-21(36)30-13-25(40)32(17-27(42)44-4)15-23(38)28-10-9-20(35)14-31(16-26(41)43-3)24(39)8-7-19(34)12-29-22(37)11-18(2)33/h5-17H2,1-4H3,(H,28,38)(H,29,37)(H,30,36). The van der Waals surface area contributed by atoms with E-state index in [0.29, 0.717) is 6.42 Å². The first-order chi connectivity index (χ1) is 20.7. The normalized spacial score (nSPS) is 10.1. The maximum absolute atomic E-state index is 12.6. The van der Waals surface area contributed by atoms with Crippen molar-refractivity contribution in [3.05, 3.63) is 0 Å². The second kappa shape index (κ2) is 21.9. The van der Waals surface area contributed by atoms with Crippen LogP contribution < -0.4 is 16.0 Å². The summed E-state index contributed by atoms with van der Waals surface area (Å²) in [5.41, 5.74) is 0. The second-order valence-corrected chi connectivity index (χ2v) is 9.51. The summed E-state index contributed by atoms with van der Waals surface area (Å²) in [6, 6.07) is 0. The average molecular weight is 628 g/mol. The van der Waals surface area contributed by atoms with Crippen LogP contribution in [0.15, 0.2) is 0 Å². The molecular weight excluding hydrogens is 586 g/mol. The highest BCUT2D eigenvalue weighted by Gasteiger charge is 2.23. The summed E-state index contributed by atoms with van der Waals surface area (Å²) in [5.74, 6) is -6.20. The van der Waals surface area contributed by atoms with Gasteiger partial charge in [-0.15, -0.1) is 0 Å². The van der Waals surface area contributed by atoms with Gasteiger partial charge in [0.15, 0.2) is 11.6 Å². The molecular formula is C27H41N5O12. The van der Waals surface area contributed by atoms with Crippen LogP contribution in [0.2, 0.25) is 0 Å². The van der Waals surface area contributed by atoms with Crippen LogP contribution in [-0.4, -0.2) is 129 Å². The summed E-state index contributed by atoms with van der Waals surface area (Å²) >= 11 is 0. The SMILES string of the molecule is CCCC(=O)NCC(=O)N(CC(=O)NCCC(=O)CN(CC(=O)OC)C(=O)CCC(=O)CNC(=O)CC(C)=O)CC(=O)OC. The number of ketones is 3. The highest BCUT2D eigenvalue weighted by molar-refractivity contribution is 5.98. The van der Waals surface area contributed by atoms with Crippen LogP contribution in [0.4, 0.5) is 0 Å². The van der Waals surface area contributed by atoms with E-state index in [-0.39, 0.29) is 50.3 Å². The van der Waals surface area contributed by atoms with Crippen molar-refractivity contribution in [1.29, 1.82) is 0 Å². The Morgan fingerprint density at radius 3 is 1.68 bits per heavy atom. The molecule has 0 rings (SSSR count). The minimum atomic E-state index is -0.816. The number of nitrogens with zero attached hydrogens (tertiary/aromatic N) is 2. The fourth-order valence-electron chi connectivity index (χ4n) is 3.35. The molecule has 0 atom stereocenters. The van der Waals surface area contributed by atoms with Crippen molar-refractivity contribution in [3.8, 4) is 0 Å². The van der Waals surface area contributed by atoms with Crippen molar-refractivity contribution >= 4 is 58.8 Å². The van der Waals surface area contributed by atoms with Crippen molar-refractivity contribution in [2.45, 2.75) is 52.4 Å². The van der Waals surface area contributed by atoms with Gasteiger partial charge in [-0.2, -0.15) is 0 Å². The van der Waals surface area contributed by atoms with Gasteiger partial charge in [0.2, 0.25) is 29.5 Å². The maximum atomic E-state index is 12.6. The number of Topliss-reactive ketones (excluding diaryl/α,β-unsaturated/α-hetero) is 3. The third-order valence-corrected chi connectivity index (χ3v) is 5.65. The number of carbonyl (C=O) groups is 10. The molecule has 0 bridgehead atoms. The molecule has 3 N–H and O–H groups in total. The summed E-state index contributed by atoms with van der Waals surface area (Å²) in [5, 5.41) is 7.07. The lowest BCUT2D eigenvalue weighted by Gasteiger charge is -2.22. The molecule has 0 radical (unpaired) electrons. The molecule has 0 spiro atoms. The molecule has 5 amide bonds. The Hall–Kier alpha value is -4.70. The first-order valence-corrected chi connectivity index (χ1v) is 13.7. The van der Waals surface area contributed by atoms with Crippen LogP contribution in [0.25, 0.3) is 0 Å². The number of carbonyl (C=O) groups excluding carboxylic acids is 10. The average Bonchev–Trinajstić information content (AvgIpc) is 2.96. The smallest absolute Gasteiger partial charge is 0.325 e. The quantitative estimate of drug-likeness (QED) is 0.0830. The van der Waals surface area contributed by atoms with Gasteiger partial charge in [-0.3, -0.25) is 47.9 Å². The monoisotopic (exact) mass is 627 g/mol. The Kier molecular flexibility index (Phi) is 19.6. The van der Waals surface area contributed by atoms with Crippen LogP contribution in [0.3, 0.4) is 0 Å². The summed E-state index contributed by atoms with van der Waals surface area (Å²) in [6.07, 6.45) is -0.565. The van der Waals surface area contributed by atoms with Gasteiger partial charge >= 0.3 is 11.9 Å². The van der Waals surface area contributed by atoms with Gasteiger partial charge in [-0.1, -0.05) is 6.92 Å². The van der Waals surface area contributed by atoms with Crippen molar-refractivity contribution in [1.82, 2.24) is 25.8 Å². The predicted octanol–water partition coefficient (Wildman–Crippen LogP) is -2.57. The summed E-state index contributed by atoms with van der Waals surface area (Å²) in [7, 11) is 2.19. The number of hydrogen-bond donors (Lipinski definition) is 3. The van der Waals surface area contributed by atoms with Gasteiger partial charge < -0.3 is 35.2 Å². The van der Waals surface area contributed by atoms with Crippen molar-refractivity contribution < 1.29 is 57.4 Å². The minimum absolute atomic E-state index is 0.197. The third kappa shape index (κ3) is 18.7. The summed E-state index contributed by atoms with van der Waals surface area (Å²) < 4.78 is 9.09. The summed E-state index contributed by atoms with van der Waals surface area (Å²) in [4.78, 5) is 121. The highest BCUT2D eigenvalue weighted by atomic mass is 16.5. The molecule has 0 fully saturated rings. The van der Waals surface area contributed by atoms with E-state index in [4.69, 9.17) is 0 Å². The van der Waals surface area contributed by atoms with Gasteiger partial charge in [0.25, 0.3) is 0 Å². The molecule has 0 aliphatic heterocycles. The third-order valence-electron chi connectivity index (χ3n) is 5.65. The van der Waals surface area contributed by atoms with Crippen LogP contribution in [0, 0.1) is 0 Å². The lowest BCUT2D eigenvalue weighted by Crippen LogP contribution is -2.47. The lowest BCUT2D eigenvalue weighted by atomic mass is 10.1. The van der Waals surface area contributed by atoms with Crippen LogP contribution in [0.5, 0.6) is 0 Å². The Labute approximate surface area is 254 Å². The molecule has 17 heteroatoms. The van der Waals surface area contributed by atoms with Crippen LogP contribution in [0.1, 0.15) is 52.4 Å². The molecule has 44 heavy (non-hydrogen) atoms. The van der Waals surface area contributed by atoms with E-state index in [0.717, 1.165) is 24.0 Å². The fraction of sp³-hybridized carbons (Fsp3) is 0.630. The number of methoxy groups -OCH3 is 2. The predicted molar refractivity (Wildman–Crippen MR) is 150 cm³/mol. The minimum Gasteiger partial charge on any atom is -0.468 e. The Bertz CT molecular complexity index is 1090. The zero-order valence-corrected chi connectivity index (χ0v) is 25.5. The largest absolute Gasteiger partial charge is 0.468 e. The molecule has 0 heterocycles. The van der Waals surface area contributed by atoms with Crippen molar-refractivity contribution in [2.75, 3.05) is 60.0 Å². The van der Waals surface area contributed by atoms with Gasteiger partial charge in [0.05, 0.1) is 40.3 Å². The molecule has 0 saturated carbocycles. The molecule has 0 saturated heterocycles. The Morgan fingerprint density at radius 2 is 1.14 bits per heavy atom. The van der Waals surface area contributed by atoms with Crippen LogP contribution >= 0.6 is 0 Å². The summed E-state index contributed by atoms with van der Waals surface area (Å²) in [6.45, 7) is -0.266. The zero-order chi connectivity index (χ0) is 33.7. The molecule has 0 aromatic carbocycles. The number of nitrogens with one attached hydrogen (secondary N) is 3. The molecule has 17 nitrogen and oxygen atoms in total. The lowest BCUT2D eigenvalue weighted by molar-refractivity contribution is -0.148. The first-order valence-electron chi connectivity index (χ1n) is 13.7. The fourth-order valence-corrected chi connectivity index (χ4v) is 3.35. The topological polar surface area (TPSA) is 232 Å². The van der Waals surface area contributed by atoms with E-state index in [9.17, 15) is 47.9 Å². The zero-order valence-electron chi connectivity index (χ0n) is 25.5. The van der Waals surface area contributed by atoms with E-state index in [1.54, 1.807) is 6.92 Å². The number of esters is 2. The number of hydrogen-bond acceptors (Lipinski definition) is 12. The van der Waals surface area contributed by atoms with E-state index in [1.165, 1.54) is 6.92 Å². The van der Waals surface area contributed by atoms with Crippen molar-refractivity contribution in [3.63, 3.8) is 0 Å². The van der Waals surface area contributed by atoms with E-state index < -0.39 is 86.4 Å². The molecule has 0 unspecified atom stereocenters. The molecule has 0 aromatic rings. The van der Waals surface area contributed by atoms with E-state index in [2.05, 4.69) is 25.4 Å². The first kappa shape index (κ1) is 39.3. The Morgan fingerprint density at radius 1 is 0.568 bits per heavy atom. The van der Waals surface area contributed by atoms with Gasteiger partial charge in [-0.05, 0) is 13.3 Å². The molecule has 0 aromatic heterocycles. The molecule has 0 aliphatic carbocycles. The second-order valence-electron chi connectivity index (χ2n) is 9.51. The van der Waals surface area contributed by atoms with Gasteiger partial charge in [-0.25, -0.2) is 0 Å². The maximum Gasteiger partial charge on any atom is 0.325 e. The van der Waals surface area contributed by atoms with Crippen LogP contribution in [-0.2, 0) is 57.4 Å². The number of rotatable bonds is 22. The van der Waals surface area contributed by atoms with Crippen molar-refractivity contribution in [2.24, 2.45) is 0 Å². The highest BCUT2D eigenvalue weighted by Crippen LogP contribution is 2.02. The number of amides is 5.